The van der Waals surface area contributed by atoms with E-state index in [4.69, 9.17) is 38.3 Å². The van der Waals surface area contributed by atoms with Gasteiger partial charge in [-0.05, 0) is 11.6 Å². The third-order valence-corrected chi connectivity index (χ3v) is 4.16. The van der Waals surface area contributed by atoms with Crippen molar-refractivity contribution in [2.75, 3.05) is 12.3 Å². The zero-order valence-electron chi connectivity index (χ0n) is 13.3. The highest BCUT2D eigenvalue weighted by molar-refractivity contribution is 6.28. The van der Waals surface area contributed by atoms with Crippen LogP contribution in [0, 0.1) is 18.3 Å². The van der Waals surface area contributed by atoms with Gasteiger partial charge in [-0.25, -0.2) is 9.78 Å². The number of rotatable bonds is 6. The van der Waals surface area contributed by atoms with Crippen molar-refractivity contribution in [2.24, 2.45) is 5.92 Å². The fourth-order valence-electron chi connectivity index (χ4n) is 2.72. The Hall–Kier alpha value is -2.74. The predicted molar refractivity (Wildman–Crippen MR) is 89.0 cm³/mol. The van der Waals surface area contributed by atoms with Crippen LogP contribution in [0.1, 0.15) is 12.6 Å². The zero-order valence-corrected chi connectivity index (χ0v) is 14.0. The normalized spacial score (nSPS) is 23.6. The molecule has 3 N–H and O–H groups in total. The van der Waals surface area contributed by atoms with Crippen LogP contribution in [0.15, 0.2) is 6.33 Å². The van der Waals surface area contributed by atoms with Gasteiger partial charge in [-0.1, -0.05) is 0 Å². The molecule has 4 unspecified atom stereocenters. The smallest absolute Gasteiger partial charge is 0.340 e. The molecule has 0 aromatic carbocycles. The molecule has 0 spiro atoms. The van der Waals surface area contributed by atoms with Crippen LogP contribution in [0.25, 0.3) is 11.2 Å². The molecule has 2 aromatic rings. The Morgan fingerprint density at radius 1 is 1.65 bits per heavy atom. The van der Waals surface area contributed by atoms with Crippen LogP contribution in [0.5, 0.6) is 0 Å². The number of imidazole rings is 1. The van der Waals surface area contributed by atoms with Crippen LogP contribution >= 0.6 is 11.6 Å². The van der Waals surface area contributed by atoms with Crippen molar-refractivity contribution in [2.45, 2.75) is 24.9 Å². The molecule has 0 bridgehead atoms. The third-order valence-electron chi connectivity index (χ3n) is 3.99. The number of carboxylic acid groups (broad SMARTS) is 1. The number of nitrogens with zero attached hydrogens (tertiary/aromatic N) is 4. The average Bonchev–Trinajstić information content (AvgIpc) is 3.18. The molecule has 2 aromatic heterocycles. The van der Waals surface area contributed by atoms with Crippen molar-refractivity contribution in [3.05, 3.63) is 11.6 Å². The van der Waals surface area contributed by atoms with Gasteiger partial charge in [0.15, 0.2) is 17.8 Å². The van der Waals surface area contributed by atoms with Crippen LogP contribution in [-0.4, -0.2) is 55.7 Å². The molecular weight excluding hydrogens is 366 g/mol. The highest BCUT2D eigenvalue weighted by atomic mass is 35.5. The number of hydrogen-bond donors (Lipinski definition) is 2. The minimum absolute atomic E-state index is 0.0292. The van der Waals surface area contributed by atoms with Crippen molar-refractivity contribution >= 4 is 40.8 Å². The van der Waals surface area contributed by atoms with E-state index in [1.165, 1.54) is 6.33 Å². The van der Waals surface area contributed by atoms with E-state index in [0.29, 0.717) is 17.6 Å². The van der Waals surface area contributed by atoms with Gasteiger partial charge in [-0.15, -0.1) is 12.3 Å². The number of carbonyl (C=O) groups excluding carboxylic acids is 1. The fourth-order valence-corrected chi connectivity index (χ4v) is 2.89. The molecule has 0 aliphatic carbocycles. The summed E-state index contributed by atoms with van der Waals surface area (Å²) in [7, 11) is 0. The van der Waals surface area contributed by atoms with E-state index < -0.39 is 24.4 Å². The standard InChI is InChI=1S/C15H14ClN5O5/c1-2-7-3-10(26-9(7)5-25-8(4-22)14(23)24)21-6-18-11-12(17)19-15(16)20-13(11)21/h1,4,6-10H,3,5H2,(H,23,24)(H2,17,19,20). The maximum atomic E-state index is 10.9. The number of nitrogen functional groups attached to an aromatic ring is 1. The summed E-state index contributed by atoms with van der Waals surface area (Å²) in [5.41, 5.74) is 6.55. The molecule has 0 saturated carbocycles. The van der Waals surface area contributed by atoms with E-state index in [9.17, 15) is 9.59 Å². The Morgan fingerprint density at radius 2 is 2.42 bits per heavy atom. The van der Waals surface area contributed by atoms with Crippen LogP contribution in [-0.2, 0) is 19.1 Å². The topological polar surface area (TPSA) is 142 Å². The number of fused-ring (bicyclic) bond motifs is 1. The number of carboxylic acids is 1. The highest BCUT2D eigenvalue weighted by Gasteiger charge is 2.37. The van der Waals surface area contributed by atoms with E-state index in [0.717, 1.165) is 0 Å². The fraction of sp³-hybridized carbons (Fsp3) is 0.400. The Morgan fingerprint density at radius 3 is 3.08 bits per heavy atom. The van der Waals surface area contributed by atoms with Crippen LogP contribution < -0.4 is 5.73 Å². The molecule has 136 valence electrons. The maximum Gasteiger partial charge on any atom is 0.340 e. The minimum atomic E-state index is -1.57. The molecule has 0 radical (unpaired) electrons. The molecule has 10 nitrogen and oxygen atoms in total. The predicted octanol–water partition coefficient (Wildman–Crippen LogP) is 0.267. The first-order valence-corrected chi connectivity index (χ1v) is 7.89. The SMILES string of the molecule is C#CC1CC(n2cnc3c(N)nc(Cl)nc32)OC1COC(C=O)C(=O)O. The molecule has 26 heavy (non-hydrogen) atoms. The second-order valence-corrected chi connectivity index (χ2v) is 5.91. The minimum Gasteiger partial charge on any atom is -0.479 e. The molecule has 4 atom stereocenters. The van der Waals surface area contributed by atoms with Gasteiger partial charge in [-0.2, -0.15) is 9.97 Å². The van der Waals surface area contributed by atoms with Gasteiger partial charge in [0.2, 0.25) is 11.4 Å². The van der Waals surface area contributed by atoms with Crippen LogP contribution in [0.4, 0.5) is 5.82 Å². The average molecular weight is 380 g/mol. The monoisotopic (exact) mass is 379 g/mol. The number of hydrogen-bond acceptors (Lipinski definition) is 8. The number of aromatic nitrogens is 4. The van der Waals surface area contributed by atoms with Crippen molar-refractivity contribution in [1.82, 2.24) is 19.5 Å². The quantitative estimate of drug-likeness (QED) is 0.313. The largest absolute Gasteiger partial charge is 0.479 e. The van der Waals surface area contributed by atoms with Gasteiger partial charge < -0.3 is 20.3 Å². The lowest BCUT2D eigenvalue weighted by Crippen LogP contribution is -2.31. The number of carbonyl (C=O) groups is 2. The first kappa shape index (κ1) is 18.1. The number of halogens is 1. The lowest BCUT2D eigenvalue weighted by Gasteiger charge is -2.17. The summed E-state index contributed by atoms with van der Waals surface area (Å²) in [6.07, 6.45) is 4.93. The Balaban J connectivity index is 1.80. The molecule has 1 saturated heterocycles. The number of terminal acetylenes is 1. The second kappa shape index (κ2) is 7.25. The van der Waals surface area contributed by atoms with E-state index in [1.807, 2.05) is 0 Å². The maximum absolute atomic E-state index is 10.9. The molecule has 1 fully saturated rings. The summed E-state index contributed by atoms with van der Waals surface area (Å²) in [6, 6.07) is 0. The van der Waals surface area contributed by atoms with Crippen LogP contribution in [0.2, 0.25) is 5.28 Å². The summed E-state index contributed by atoms with van der Waals surface area (Å²) >= 11 is 5.85. The van der Waals surface area contributed by atoms with Crippen molar-refractivity contribution < 1.29 is 24.2 Å². The molecule has 11 heteroatoms. The van der Waals surface area contributed by atoms with Gasteiger partial charge in [0.25, 0.3) is 0 Å². The zero-order chi connectivity index (χ0) is 18.8. The third kappa shape index (κ3) is 3.32. The van der Waals surface area contributed by atoms with E-state index >= 15 is 0 Å². The van der Waals surface area contributed by atoms with E-state index in [2.05, 4.69) is 20.9 Å². The molecule has 1 aliphatic rings. The Kier molecular flexibility index (Phi) is 5.03. The molecule has 3 heterocycles. The number of aliphatic carboxylic acids is 1. The molecule has 1 aliphatic heterocycles. The lowest BCUT2D eigenvalue weighted by molar-refractivity contribution is -0.155. The lowest BCUT2D eigenvalue weighted by atomic mass is 10.0. The molecule has 3 rings (SSSR count). The number of ether oxygens (including phenoxy) is 2. The number of nitrogens with two attached hydrogens (primary N) is 1. The summed E-state index contributed by atoms with van der Waals surface area (Å²) in [5.74, 6) is 0.995. The summed E-state index contributed by atoms with van der Waals surface area (Å²) in [6.45, 7) is -0.147. The first-order chi connectivity index (χ1) is 12.4. The highest BCUT2D eigenvalue weighted by Crippen LogP contribution is 2.35. The molecule has 0 amide bonds. The molecular formula is C15H14ClN5O5. The summed E-state index contributed by atoms with van der Waals surface area (Å²) < 4.78 is 12.6. The Labute approximate surface area is 152 Å². The van der Waals surface area contributed by atoms with E-state index in [1.54, 1.807) is 4.57 Å². The second-order valence-electron chi connectivity index (χ2n) is 5.57. The first-order valence-electron chi connectivity index (χ1n) is 7.51. The van der Waals surface area contributed by atoms with Gasteiger partial charge in [-0.3, -0.25) is 9.36 Å². The van der Waals surface area contributed by atoms with Crippen molar-refractivity contribution in [3.8, 4) is 12.3 Å². The summed E-state index contributed by atoms with van der Waals surface area (Å²) in [4.78, 5) is 33.7. The van der Waals surface area contributed by atoms with Crippen LogP contribution in [0.3, 0.4) is 0 Å². The number of anilines is 1. The van der Waals surface area contributed by atoms with Gasteiger partial charge in [0, 0.05) is 6.42 Å². The van der Waals surface area contributed by atoms with E-state index in [-0.39, 0.29) is 29.9 Å². The Bertz CT molecular complexity index is 894. The van der Waals surface area contributed by atoms with Gasteiger partial charge in [0.1, 0.15) is 11.7 Å². The van der Waals surface area contributed by atoms with Crippen molar-refractivity contribution in [1.29, 1.82) is 0 Å². The van der Waals surface area contributed by atoms with Crippen molar-refractivity contribution in [3.63, 3.8) is 0 Å². The van der Waals surface area contributed by atoms with Gasteiger partial charge in [0.05, 0.1) is 25.0 Å². The summed E-state index contributed by atoms with van der Waals surface area (Å²) in [5, 5.41) is 8.83. The van der Waals surface area contributed by atoms with Gasteiger partial charge >= 0.3 is 5.97 Å². The number of aldehydes is 1.